The number of nitrogens with zero attached hydrogens (tertiary/aromatic N) is 1. The fraction of sp³-hybridized carbons (Fsp3) is 0.600. The largest absolute Gasteiger partial charge is 0.416 e. The summed E-state index contributed by atoms with van der Waals surface area (Å²) in [5.74, 6) is -0.266. The minimum Gasteiger partial charge on any atom is -0.327 e. The quantitative estimate of drug-likeness (QED) is 0.871. The molecule has 136 valence electrons. The number of benzene rings is 1. The Morgan fingerprint density at radius 2 is 1.83 bits per heavy atom. The first-order valence-electron chi connectivity index (χ1n) is 7.57. The molecule has 24 heavy (non-hydrogen) atoms. The zero-order valence-electron chi connectivity index (χ0n) is 12.9. The number of sulfonamides is 1. The molecule has 9 heteroatoms. The van der Waals surface area contributed by atoms with Gasteiger partial charge in [0.05, 0.1) is 11.3 Å². The van der Waals surface area contributed by atoms with E-state index in [9.17, 15) is 21.6 Å². The molecular formula is C15H20ClF3N2O2S. The average molecular weight is 385 g/mol. The number of hydrogen-bond donors (Lipinski definition) is 1. The first-order valence-corrected chi connectivity index (χ1v) is 9.18. The summed E-state index contributed by atoms with van der Waals surface area (Å²) in [6, 6.07) is 4.82. The second kappa shape index (κ2) is 6.82. The second-order valence-electron chi connectivity index (χ2n) is 6.39. The van der Waals surface area contributed by atoms with Gasteiger partial charge in [-0.2, -0.15) is 13.2 Å². The van der Waals surface area contributed by atoms with Crippen LogP contribution in [0.25, 0.3) is 0 Å². The third-order valence-electron chi connectivity index (χ3n) is 4.93. The van der Waals surface area contributed by atoms with E-state index in [0.717, 1.165) is 18.9 Å². The lowest BCUT2D eigenvalue weighted by Crippen LogP contribution is -2.34. The van der Waals surface area contributed by atoms with E-state index < -0.39 is 27.5 Å². The van der Waals surface area contributed by atoms with Crippen LogP contribution in [0.2, 0.25) is 0 Å². The van der Waals surface area contributed by atoms with Crippen LogP contribution in [0, 0.1) is 11.8 Å². The molecule has 1 saturated heterocycles. The number of fused-ring (bicyclic) bond motifs is 1. The molecule has 1 aromatic carbocycles. The number of rotatable bonds is 3. The van der Waals surface area contributed by atoms with E-state index in [4.69, 9.17) is 5.73 Å². The van der Waals surface area contributed by atoms with Crippen LogP contribution in [-0.2, 0) is 22.0 Å². The summed E-state index contributed by atoms with van der Waals surface area (Å²) in [5.41, 5.74) is 4.89. The Morgan fingerprint density at radius 1 is 1.17 bits per heavy atom. The molecule has 3 unspecified atom stereocenters. The Labute approximate surface area is 145 Å². The van der Waals surface area contributed by atoms with Gasteiger partial charge in [0, 0.05) is 19.1 Å². The van der Waals surface area contributed by atoms with Gasteiger partial charge in [0.1, 0.15) is 0 Å². The van der Waals surface area contributed by atoms with Crippen LogP contribution in [-0.4, -0.2) is 31.9 Å². The maximum atomic E-state index is 13.0. The van der Waals surface area contributed by atoms with E-state index in [2.05, 4.69) is 0 Å². The Bertz CT molecular complexity index is 696. The first kappa shape index (κ1) is 19.5. The van der Waals surface area contributed by atoms with E-state index in [1.807, 2.05) is 0 Å². The van der Waals surface area contributed by atoms with Gasteiger partial charge in [-0.25, -0.2) is 12.7 Å². The van der Waals surface area contributed by atoms with E-state index in [1.54, 1.807) is 0 Å². The highest BCUT2D eigenvalue weighted by atomic mass is 35.5. The van der Waals surface area contributed by atoms with E-state index in [-0.39, 0.29) is 35.8 Å². The van der Waals surface area contributed by atoms with Gasteiger partial charge in [0.15, 0.2) is 0 Å². The van der Waals surface area contributed by atoms with Crippen molar-refractivity contribution in [3.05, 3.63) is 35.4 Å². The Hall–Kier alpha value is -0.830. The molecule has 2 aliphatic rings. The molecule has 0 spiro atoms. The van der Waals surface area contributed by atoms with E-state index in [1.165, 1.54) is 22.5 Å². The molecule has 2 fully saturated rings. The van der Waals surface area contributed by atoms with Gasteiger partial charge >= 0.3 is 6.18 Å². The van der Waals surface area contributed by atoms with Crippen LogP contribution in [0.1, 0.15) is 24.0 Å². The predicted octanol–water partition coefficient (Wildman–Crippen LogP) is 2.63. The van der Waals surface area contributed by atoms with Crippen molar-refractivity contribution in [2.24, 2.45) is 17.6 Å². The average Bonchev–Trinajstić information content (AvgIpc) is 3.01. The summed E-state index contributed by atoms with van der Waals surface area (Å²) in [4.78, 5) is 0. The molecule has 1 aliphatic carbocycles. The molecule has 0 amide bonds. The van der Waals surface area contributed by atoms with Gasteiger partial charge in [0.25, 0.3) is 0 Å². The predicted molar refractivity (Wildman–Crippen MR) is 87.1 cm³/mol. The molecular weight excluding hydrogens is 365 g/mol. The maximum Gasteiger partial charge on any atom is 0.416 e. The van der Waals surface area contributed by atoms with Crippen molar-refractivity contribution in [2.75, 3.05) is 13.1 Å². The number of halogens is 4. The van der Waals surface area contributed by atoms with Crippen molar-refractivity contribution >= 4 is 22.4 Å². The van der Waals surface area contributed by atoms with Crippen molar-refractivity contribution in [2.45, 2.75) is 30.8 Å². The maximum absolute atomic E-state index is 13.0. The minimum absolute atomic E-state index is 0. The van der Waals surface area contributed by atoms with Gasteiger partial charge in [-0.1, -0.05) is 18.2 Å². The van der Waals surface area contributed by atoms with Gasteiger partial charge in [-0.05, 0) is 36.3 Å². The molecule has 3 atom stereocenters. The van der Waals surface area contributed by atoms with Crippen molar-refractivity contribution in [1.29, 1.82) is 0 Å². The molecule has 1 aromatic rings. The lowest BCUT2D eigenvalue weighted by atomic mass is 9.98. The van der Waals surface area contributed by atoms with Crippen molar-refractivity contribution < 1.29 is 21.6 Å². The van der Waals surface area contributed by atoms with Crippen LogP contribution >= 0.6 is 12.4 Å². The molecule has 3 rings (SSSR count). The molecule has 0 radical (unpaired) electrons. The van der Waals surface area contributed by atoms with E-state index >= 15 is 0 Å². The summed E-state index contributed by atoms with van der Waals surface area (Å²) in [7, 11) is -3.78. The lowest BCUT2D eigenvalue weighted by molar-refractivity contribution is -0.138. The van der Waals surface area contributed by atoms with Crippen molar-refractivity contribution in [3.63, 3.8) is 0 Å². The summed E-state index contributed by atoms with van der Waals surface area (Å²) >= 11 is 0. The molecule has 4 nitrogen and oxygen atoms in total. The van der Waals surface area contributed by atoms with Gasteiger partial charge in [-0.3, -0.25) is 0 Å². The molecule has 0 aromatic heterocycles. The summed E-state index contributed by atoms with van der Waals surface area (Å²) in [5, 5.41) is 0. The third-order valence-corrected chi connectivity index (χ3v) is 6.69. The van der Waals surface area contributed by atoms with Crippen LogP contribution in [0.3, 0.4) is 0 Å². The summed E-state index contributed by atoms with van der Waals surface area (Å²) < 4.78 is 65.4. The lowest BCUT2D eigenvalue weighted by Gasteiger charge is -2.20. The van der Waals surface area contributed by atoms with Crippen molar-refractivity contribution in [1.82, 2.24) is 4.31 Å². The minimum atomic E-state index is -4.56. The zero-order valence-corrected chi connectivity index (χ0v) is 14.5. The zero-order chi connectivity index (χ0) is 16.8. The van der Waals surface area contributed by atoms with Gasteiger partial charge in [0.2, 0.25) is 10.0 Å². The molecule has 0 bridgehead atoms. The monoisotopic (exact) mass is 384 g/mol. The van der Waals surface area contributed by atoms with Gasteiger partial charge < -0.3 is 5.73 Å². The Balaban J connectivity index is 0.00000208. The number of hydrogen-bond acceptors (Lipinski definition) is 3. The van der Waals surface area contributed by atoms with Crippen LogP contribution in [0.4, 0.5) is 13.2 Å². The standard InChI is InChI=1S/C15H19F3N2O2S.ClH/c16-15(17,18)13-4-2-1-3-11(13)9-23(21,22)20-7-10-5-6-14(19)12(10)8-20;/h1-4,10,12,14H,5-9,19H2;1H. The normalized spacial score (nSPS) is 27.8. The second-order valence-corrected chi connectivity index (χ2v) is 8.36. The van der Waals surface area contributed by atoms with Crippen molar-refractivity contribution in [3.8, 4) is 0 Å². The summed E-state index contributed by atoms with van der Waals surface area (Å²) in [6.45, 7) is 0.692. The molecule has 1 saturated carbocycles. The topological polar surface area (TPSA) is 63.4 Å². The fourth-order valence-electron chi connectivity index (χ4n) is 3.70. The first-order chi connectivity index (χ1) is 10.7. The Morgan fingerprint density at radius 3 is 2.46 bits per heavy atom. The third kappa shape index (κ3) is 3.71. The van der Waals surface area contributed by atoms with Crippen LogP contribution in [0.5, 0.6) is 0 Å². The number of alkyl halides is 3. The number of nitrogens with two attached hydrogens (primary N) is 1. The molecule has 1 aliphatic heterocycles. The highest BCUT2D eigenvalue weighted by Crippen LogP contribution is 2.39. The SMILES string of the molecule is Cl.NC1CCC2CN(S(=O)(=O)Cc3ccccc3C(F)(F)F)CC12. The van der Waals surface area contributed by atoms with Crippen LogP contribution in [0.15, 0.2) is 24.3 Å². The Kier molecular flexibility index (Phi) is 5.54. The van der Waals surface area contributed by atoms with E-state index in [0.29, 0.717) is 13.1 Å². The molecule has 2 N–H and O–H groups in total. The fourth-order valence-corrected chi connectivity index (χ4v) is 5.35. The highest BCUT2D eigenvalue weighted by molar-refractivity contribution is 7.88. The van der Waals surface area contributed by atoms with Gasteiger partial charge in [-0.15, -0.1) is 12.4 Å². The highest BCUT2D eigenvalue weighted by Gasteiger charge is 2.45. The smallest absolute Gasteiger partial charge is 0.327 e. The van der Waals surface area contributed by atoms with Crippen LogP contribution < -0.4 is 5.73 Å². The molecule has 1 heterocycles. The summed E-state index contributed by atoms with van der Waals surface area (Å²) in [6.07, 6.45) is -2.78.